The molecule has 0 aromatic carbocycles. The Bertz CT molecular complexity index is 598. The van der Waals surface area contributed by atoms with Gasteiger partial charge in [0.2, 0.25) is 0 Å². The Morgan fingerprint density at radius 1 is 0.432 bits per heavy atom. The fourth-order valence-electron chi connectivity index (χ4n) is 5.18. The van der Waals surface area contributed by atoms with Crippen molar-refractivity contribution in [1.82, 2.24) is 0 Å². The lowest BCUT2D eigenvalue weighted by Crippen LogP contribution is -2.30. The van der Waals surface area contributed by atoms with Gasteiger partial charge in [0.25, 0.3) is 0 Å². The second-order valence-electron chi connectivity index (χ2n) is 12.3. The van der Waals surface area contributed by atoms with E-state index in [4.69, 9.17) is 23.7 Å². The summed E-state index contributed by atoms with van der Waals surface area (Å²) in [6, 6.07) is 0. The van der Waals surface area contributed by atoms with Crippen molar-refractivity contribution >= 4 is 11.9 Å². The number of ether oxygens (including phenoxy) is 5. The van der Waals surface area contributed by atoms with Crippen molar-refractivity contribution in [1.29, 1.82) is 0 Å². The molecule has 44 heavy (non-hydrogen) atoms. The van der Waals surface area contributed by atoms with Crippen molar-refractivity contribution in [2.24, 2.45) is 0 Å². The summed E-state index contributed by atoms with van der Waals surface area (Å²) in [5, 5.41) is 0. The molecule has 0 rings (SSSR count). The molecule has 1 unspecified atom stereocenters. The predicted octanol–water partition coefficient (Wildman–Crippen LogP) is 9.91. The van der Waals surface area contributed by atoms with E-state index in [1.807, 2.05) is 6.92 Å². The average molecular weight is 629 g/mol. The highest BCUT2D eigenvalue weighted by Crippen LogP contribution is 2.14. The van der Waals surface area contributed by atoms with Crippen LogP contribution < -0.4 is 0 Å². The molecule has 7 nitrogen and oxygen atoms in total. The smallest absolute Gasteiger partial charge is 0.306 e. The molecule has 0 heterocycles. The first-order chi connectivity index (χ1) is 21.6. The van der Waals surface area contributed by atoms with E-state index >= 15 is 0 Å². The second kappa shape index (κ2) is 36.3. The van der Waals surface area contributed by atoms with Gasteiger partial charge in [-0.3, -0.25) is 9.59 Å². The normalized spacial score (nSPS) is 12.0. The van der Waals surface area contributed by atoms with E-state index in [0.29, 0.717) is 45.9 Å². The van der Waals surface area contributed by atoms with Gasteiger partial charge in [-0.05, 0) is 19.8 Å². The van der Waals surface area contributed by atoms with Crippen molar-refractivity contribution in [2.75, 3.05) is 46.2 Å². The van der Waals surface area contributed by atoms with Crippen molar-refractivity contribution < 1.29 is 33.3 Å². The summed E-state index contributed by atoms with van der Waals surface area (Å²) in [5.74, 6) is -0.476. The fraction of sp³-hybridized carbons (Fsp3) is 0.946. The van der Waals surface area contributed by atoms with E-state index in [1.165, 1.54) is 109 Å². The molecule has 0 N–H and O–H groups in total. The summed E-state index contributed by atoms with van der Waals surface area (Å²) < 4.78 is 27.6. The highest BCUT2D eigenvalue weighted by Gasteiger charge is 2.17. The van der Waals surface area contributed by atoms with Crippen molar-refractivity contribution in [3.63, 3.8) is 0 Å². The Morgan fingerprint density at radius 3 is 1.27 bits per heavy atom. The maximum atomic E-state index is 12.5. The first-order valence-electron chi connectivity index (χ1n) is 18.7. The summed E-state index contributed by atoms with van der Waals surface area (Å²) >= 11 is 0. The lowest BCUT2D eigenvalue weighted by atomic mass is 10.1. The summed E-state index contributed by atoms with van der Waals surface area (Å²) in [6.45, 7) is 9.24. The molecule has 0 aromatic rings. The molecule has 0 saturated heterocycles. The first-order valence-corrected chi connectivity index (χ1v) is 18.7. The van der Waals surface area contributed by atoms with Gasteiger partial charge in [0, 0.05) is 19.4 Å². The molecule has 7 heteroatoms. The van der Waals surface area contributed by atoms with Gasteiger partial charge < -0.3 is 23.7 Å². The second-order valence-corrected chi connectivity index (χ2v) is 12.3. The lowest BCUT2D eigenvalue weighted by Gasteiger charge is -2.18. The van der Waals surface area contributed by atoms with Crippen molar-refractivity contribution in [2.45, 2.75) is 181 Å². The van der Waals surface area contributed by atoms with E-state index in [-0.39, 0.29) is 25.2 Å². The van der Waals surface area contributed by atoms with Gasteiger partial charge in [-0.1, -0.05) is 142 Å². The van der Waals surface area contributed by atoms with Crippen molar-refractivity contribution in [3.05, 3.63) is 0 Å². The third kappa shape index (κ3) is 33.7. The number of esters is 2. The minimum absolute atomic E-state index is 0.0338. The molecule has 0 spiro atoms. The van der Waals surface area contributed by atoms with Crippen LogP contribution in [0.5, 0.6) is 0 Å². The average Bonchev–Trinajstić information content (AvgIpc) is 3.02. The third-order valence-corrected chi connectivity index (χ3v) is 7.95. The monoisotopic (exact) mass is 629 g/mol. The van der Waals surface area contributed by atoms with Crippen LogP contribution in [-0.2, 0) is 33.3 Å². The zero-order valence-electron chi connectivity index (χ0n) is 29.4. The number of carbonyl (C=O) groups is 2. The maximum absolute atomic E-state index is 12.5. The number of carbonyl (C=O) groups excluding carboxylic acids is 2. The molecule has 0 aliphatic rings. The molecular weight excluding hydrogens is 556 g/mol. The summed E-state index contributed by atoms with van der Waals surface area (Å²) in [6.07, 6.45) is 27.5. The molecular formula is C37H72O7. The molecule has 0 aliphatic carbocycles. The Balaban J connectivity index is 4.13. The van der Waals surface area contributed by atoms with Crippen LogP contribution in [0.4, 0.5) is 0 Å². The quantitative estimate of drug-likeness (QED) is 0.0504. The molecule has 0 aromatic heterocycles. The maximum Gasteiger partial charge on any atom is 0.306 e. The van der Waals surface area contributed by atoms with Crippen LogP contribution in [0.2, 0.25) is 0 Å². The van der Waals surface area contributed by atoms with Crippen molar-refractivity contribution in [3.8, 4) is 0 Å². The largest absolute Gasteiger partial charge is 0.462 e. The first kappa shape index (κ1) is 42.8. The standard InChI is InChI=1S/C37H72O7/c1-4-7-9-11-13-15-17-19-21-23-25-27-36(38)43-34-35(33-42-32-31-41-30-29-40-6-3)44-37(39)28-26-24-22-20-18-16-14-12-10-8-5-2/h35H,4-34H2,1-3H3. The fourth-order valence-corrected chi connectivity index (χ4v) is 5.18. The van der Waals surface area contributed by atoms with Crippen LogP contribution in [0.3, 0.4) is 0 Å². The Labute approximate surface area is 272 Å². The number of unbranched alkanes of at least 4 members (excludes halogenated alkanes) is 20. The molecule has 0 saturated carbocycles. The summed E-state index contributed by atoms with van der Waals surface area (Å²) in [4.78, 5) is 24.9. The summed E-state index contributed by atoms with van der Waals surface area (Å²) in [5.41, 5.74) is 0. The minimum Gasteiger partial charge on any atom is -0.462 e. The van der Waals surface area contributed by atoms with Crippen LogP contribution in [0.1, 0.15) is 175 Å². The molecule has 0 radical (unpaired) electrons. The van der Waals surface area contributed by atoms with E-state index in [0.717, 1.165) is 32.1 Å². The third-order valence-electron chi connectivity index (χ3n) is 7.95. The molecule has 0 bridgehead atoms. The predicted molar refractivity (Wildman–Crippen MR) is 181 cm³/mol. The van der Waals surface area contributed by atoms with Gasteiger partial charge in [-0.2, -0.15) is 0 Å². The van der Waals surface area contributed by atoms with Gasteiger partial charge in [0.1, 0.15) is 6.61 Å². The molecule has 0 fully saturated rings. The zero-order valence-corrected chi connectivity index (χ0v) is 29.4. The minimum atomic E-state index is -0.597. The molecule has 1 atom stereocenters. The Morgan fingerprint density at radius 2 is 0.818 bits per heavy atom. The van der Waals surface area contributed by atoms with E-state index in [1.54, 1.807) is 0 Å². The van der Waals surface area contributed by atoms with Gasteiger partial charge >= 0.3 is 11.9 Å². The topological polar surface area (TPSA) is 80.3 Å². The summed E-state index contributed by atoms with van der Waals surface area (Å²) in [7, 11) is 0. The van der Waals surface area contributed by atoms with Gasteiger partial charge in [0.05, 0.1) is 33.0 Å². The Hall–Kier alpha value is -1.18. The van der Waals surface area contributed by atoms with Gasteiger partial charge in [-0.25, -0.2) is 0 Å². The molecule has 262 valence electrons. The lowest BCUT2D eigenvalue weighted by molar-refractivity contribution is -0.163. The number of rotatable bonds is 36. The SMILES string of the molecule is CCCCCCCCCCCCCC(=O)OCC(COCCOCCOCC)OC(=O)CCCCCCCCCCCCC. The highest BCUT2D eigenvalue weighted by molar-refractivity contribution is 5.70. The number of hydrogen-bond acceptors (Lipinski definition) is 7. The van der Waals surface area contributed by atoms with Gasteiger partial charge in [-0.15, -0.1) is 0 Å². The zero-order chi connectivity index (χ0) is 32.2. The van der Waals surface area contributed by atoms with E-state index in [2.05, 4.69) is 13.8 Å². The molecule has 0 amide bonds. The van der Waals surface area contributed by atoms with Crippen LogP contribution >= 0.6 is 0 Å². The van der Waals surface area contributed by atoms with Crippen LogP contribution in [0.15, 0.2) is 0 Å². The van der Waals surface area contributed by atoms with E-state index in [9.17, 15) is 9.59 Å². The van der Waals surface area contributed by atoms with Crippen LogP contribution in [0, 0.1) is 0 Å². The van der Waals surface area contributed by atoms with E-state index < -0.39 is 6.10 Å². The Kier molecular flexibility index (Phi) is 35.3. The van der Waals surface area contributed by atoms with Crippen LogP contribution in [0.25, 0.3) is 0 Å². The number of hydrogen-bond donors (Lipinski definition) is 0. The highest BCUT2D eigenvalue weighted by atomic mass is 16.6. The molecule has 0 aliphatic heterocycles. The van der Waals surface area contributed by atoms with Crippen LogP contribution in [-0.4, -0.2) is 64.3 Å². The van der Waals surface area contributed by atoms with Gasteiger partial charge in [0.15, 0.2) is 6.10 Å².